The van der Waals surface area contributed by atoms with E-state index in [0.29, 0.717) is 22.9 Å². The van der Waals surface area contributed by atoms with Crippen LogP contribution < -0.4 is 5.32 Å². The molecule has 0 amide bonds. The number of aromatic nitrogens is 7. The summed E-state index contributed by atoms with van der Waals surface area (Å²) in [6.07, 6.45) is -1.96. The highest BCUT2D eigenvalue weighted by Crippen LogP contribution is 2.28. The summed E-state index contributed by atoms with van der Waals surface area (Å²) in [7, 11) is 0. The van der Waals surface area contributed by atoms with Crippen LogP contribution in [0.4, 0.5) is 20.3 Å². The molecule has 11 heteroatoms. The number of pyridine rings is 1. The summed E-state index contributed by atoms with van der Waals surface area (Å²) in [4.78, 5) is 9.15. The topological polar surface area (TPSA) is 107 Å². The molecule has 0 spiro atoms. The van der Waals surface area contributed by atoms with E-state index in [9.17, 15) is 13.9 Å². The number of aliphatic hydroxyl groups is 1. The van der Waals surface area contributed by atoms with Gasteiger partial charge in [-0.1, -0.05) is 0 Å². The fourth-order valence-electron chi connectivity index (χ4n) is 3.78. The smallest absolute Gasteiger partial charge is 0.282 e. The van der Waals surface area contributed by atoms with Gasteiger partial charge in [-0.3, -0.25) is 4.57 Å². The third-order valence-corrected chi connectivity index (χ3v) is 5.54. The predicted octanol–water partition coefficient (Wildman–Crippen LogP) is 4.75. The van der Waals surface area contributed by atoms with Crippen LogP contribution in [0.3, 0.4) is 0 Å². The van der Waals surface area contributed by atoms with Gasteiger partial charge in [0.1, 0.15) is 17.8 Å². The number of aryl methyl sites for hydroxylation is 2. The van der Waals surface area contributed by atoms with Crippen molar-refractivity contribution in [2.45, 2.75) is 33.3 Å². The lowest BCUT2D eigenvalue weighted by molar-refractivity contribution is 0.145. The number of nitrogens with one attached hydrogen (secondary N) is 1. The summed E-state index contributed by atoms with van der Waals surface area (Å²) in [5.74, 6) is 1.37. The lowest BCUT2D eigenvalue weighted by Crippen LogP contribution is -2.11. The van der Waals surface area contributed by atoms with Gasteiger partial charge in [-0.15, -0.1) is 5.10 Å². The Bertz CT molecular complexity index is 1510. The van der Waals surface area contributed by atoms with Crippen molar-refractivity contribution in [1.29, 1.82) is 0 Å². The summed E-state index contributed by atoms with van der Waals surface area (Å²) in [5.41, 5.74) is 3.70. The molecule has 0 saturated heterocycles. The van der Waals surface area contributed by atoms with Crippen LogP contribution in [0.1, 0.15) is 42.1 Å². The predicted molar refractivity (Wildman–Crippen MR) is 126 cm³/mol. The van der Waals surface area contributed by atoms with E-state index in [2.05, 4.69) is 30.6 Å². The van der Waals surface area contributed by atoms with Gasteiger partial charge in [-0.2, -0.15) is 10.2 Å². The number of rotatable bonds is 6. The second-order valence-corrected chi connectivity index (χ2v) is 8.18. The van der Waals surface area contributed by atoms with Crippen LogP contribution in [-0.2, 0) is 0 Å². The molecular weight excluding hydrogens is 454 g/mol. The van der Waals surface area contributed by atoms with Crippen LogP contribution >= 0.6 is 0 Å². The zero-order valence-electron chi connectivity index (χ0n) is 19.2. The number of hydrogen-bond donors (Lipinski definition) is 2. The van der Waals surface area contributed by atoms with Crippen LogP contribution in [0.5, 0.6) is 0 Å². The van der Waals surface area contributed by atoms with E-state index in [1.807, 2.05) is 37.3 Å². The van der Waals surface area contributed by atoms with Gasteiger partial charge >= 0.3 is 0 Å². The molecule has 1 atom stereocenters. The molecule has 0 aliphatic heterocycles. The van der Waals surface area contributed by atoms with Crippen molar-refractivity contribution in [3.63, 3.8) is 0 Å². The number of benzene rings is 1. The van der Waals surface area contributed by atoms with Crippen molar-refractivity contribution < 1.29 is 13.9 Å². The van der Waals surface area contributed by atoms with Crippen LogP contribution in [0.15, 0.2) is 54.9 Å². The first kappa shape index (κ1) is 22.5. The first-order valence-electron chi connectivity index (χ1n) is 10.9. The molecule has 2 N–H and O–H groups in total. The van der Waals surface area contributed by atoms with E-state index in [-0.39, 0.29) is 11.5 Å². The maximum absolute atomic E-state index is 13.3. The Labute approximate surface area is 199 Å². The normalized spacial score (nSPS) is 12.4. The highest BCUT2D eigenvalue weighted by Gasteiger charge is 2.20. The van der Waals surface area contributed by atoms with Gasteiger partial charge in [0.15, 0.2) is 11.6 Å². The third-order valence-electron chi connectivity index (χ3n) is 5.54. The lowest BCUT2D eigenvalue weighted by Gasteiger charge is -2.15. The molecule has 5 aromatic rings. The summed E-state index contributed by atoms with van der Waals surface area (Å²) in [5, 5.41) is 25.7. The highest BCUT2D eigenvalue weighted by molar-refractivity contribution is 5.82. The van der Waals surface area contributed by atoms with Crippen LogP contribution in [0.25, 0.3) is 22.7 Å². The van der Waals surface area contributed by atoms with Crippen molar-refractivity contribution >= 4 is 22.5 Å². The van der Waals surface area contributed by atoms with Crippen LogP contribution in [0, 0.1) is 13.8 Å². The molecule has 35 heavy (non-hydrogen) atoms. The minimum atomic E-state index is -2.71. The van der Waals surface area contributed by atoms with Crippen molar-refractivity contribution in [1.82, 2.24) is 34.5 Å². The van der Waals surface area contributed by atoms with Gasteiger partial charge in [-0.25, -0.2) is 23.4 Å². The van der Waals surface area contributed by atoms with E-state index in [1.165, 1.54) is 10.7 Å². The van der Waals surface area contributed by atoms with E-state index in [1.54, 1.807) is 36.9 Å². The number of nitrogens with zero attached hydrogens (tertiary/aromatic N) is 7. The van der Waals surface area contributed by atoms with Crippen molar-refractivity contribution in [2.24, 2.45) is 0 Å². The number of halogens is 2. The van der Waals surface area contributed by atoms with Crippen LogP contribution in [-0.4, -0.2) is 39.6 Å². The monoisotopic (exact) mass is 476 g/mol. The average molecular weight is 476 g/mol. The molecule has 4 heterocycles. The zero-order chi connectivity index (χ0) is 24.7. The molecular formula is C24H22F2N8O. The number of fused-ring (bicyclic) bond motifs is 1. The molecule has 1 aromatic carbocycles. The molecule has 0 saturated carbocycles. The first-order valence-corrected chi connectivity index (χ1v) is 10.9. The Morgan fingerprint density at radius 1 is 1.00 bits per heavy atom. The quantitative estimate of drug-likeness (QED) is 0.364. The number of imidazole rings is 1. The lowest BCUT2D eigenvalue weighted by atomic mass is 10.1. The molecule has 0 aliphatic rings. The van der Waals surface area contributed by atoms with E-state index < -0.39 is 12.5 Å². The summed E-state index contributed by atoms with van der Waals surface area (Å²) in [6.45, 7) is 5.12. The highest BCUT2D eigenvalue weighted by atomic mass is 19.3. The van der Waals surface area contributed by atoms with Gasteiger partial charge in [-0.05, 0) is 69.3 Å². The van der Waals surface area contributed by atoms with E-state index in [0.717, 1.165) is 22.4 Å². The second kappa shape index (κ2) is 8.84. The van der Waals surface area contributed by atoms with Gasteiger partial charge in [0.25, 0.3) is 6.43 Å². The number of anilines is 2. The average Bonchev–Trinajstić information content (AvgIpc) is 3.43. The maximum atomic E-state index is 13.3. The molecule has 0 aliphatic carbocycles. The Balaban J connectivity index is 1.59. The molecule has 0 bridgehead atoms. The summed E-state index contributed by atoms with van der Waals surface area (Å²) in [6, 6.07) is 14.1. The summed E-state index contributed by atoms with van der Waals surface area (Å²) >= 11 is 0. The maximum Gasteiger partial charge on any atom is 0.282 e. The first-order chi connectivity index (χ1) is 16.8. The Morgan fingerprint density at radius 3 is 2.51 bits per heavy atom. The molecule has 178 valence electrons. The van der Waals surface area contributed by atoms with Crippen molar-refractivity contribution in [3.8, 4) is 11.6 Å². The third kappa shape index (κ3) is 4.33. The summed E-state index contributed by atoms with van der Waals surface area (Å²) < 4.78 is 29.6. The van der Waals surface area contributed by atoms with E-state index >= 15 is 0 Å². The standard InChI is InChI=1S/C24H22F2N8O/c1-13-4-8-21(31-30-13)28-16-5-7-18-20(11-16)33(12-27-18)22-9-6-17(15(3)35)24(29-22)34-14(2)10-19(32-34)23(25)26/h4-12,15,23,35H,1-3H3,(H,28,31). The Kier molecular flexibility index (Phi) is 5.69. The molecule has 0 fully saturated rings. The van der Waals surface area contributed by atoms with Gasteiger partial charge in [0.05, 0.1) is 22.8 Å². The Morgan fingerprint density at radius 2 is 1.83 bits per heavy atom. The minimum Gasteiger partial charge on any atom is -0.389 e. The number of alkyl halides is 2. The van der Waals surface area contributed by atoms with E-state index in [4.69, 9.17) is 0 Å². The van der Waals surface area contributed by atoms with Gasteiger partial charge < -0.3 is 10.4 Å². The zero-order valence-corrected chi connectivity index (χ0v) is 19.2. The fraction of sp³-hybridized carbons (Fsp3) is 0.208. The SMILES string of the molecule is Cc1ccc(Nc2ccc3ncn(-c4ccc(C(C)O)c(-n5nc(C(F)F)cc5C)n4)c3c2)nn1. The fourth-order valence-corrected chi connectivity index (χ4v) is 3.78. The Hall–Kier alpha value is -4.25. The largest absolute Gasteiger partial charge is 0.389 e. The molecule has 5 rings (SSSR count). The molecule has 1 unspecified atom stereocenters. The van der Waals surface area contributed by atoms with Crippen molar-refractivity contribution in [2.75, 3.05) is 5.32 Å². The number of hydrogen-bond acceptors (Lipinski definition) is 7. The number of aliphatic hydroxyl groups excluding tert-OH is 1. The van der Waals surface area contributed by atoms with Gasteiger partial charge in [0.2, 0.25) is 0 Å². The second-order valence-electron chi connectivity index (χ2n) is 8.18. The van der Waals surface area contributed by atoms with Crippen LogP contribution in [0.2, 0.25) is 0 Å². The molecule has 4 aromatic heterocycles. The van der Waals surface area contributed by atoms with Crippen molar-refractivity contribution in [3.05, 3.63) is 77.5 Å². The van der Waals surface area contributed by atoms with Gasteiger partial charge in [0, 0.05) is 16.9 Å². The molecule has 9 nitrogen and oxygen atoms in total. The molecule has 0 radical (unpaired) electrons. The minimum absolute atomic E-state index is 0.271.